The molecule has 0 amide bonds. The zero-order valence-electron chi connectivity index (χ0n) is 10.4. The molecule has 6 nitrogen and oxygen atoms in total. The van der Waals surface area contributed by atoms with Crippen molar-refractivity contribution in [3.63, 3.8) is 0 Å². The van der Waals surface area contributed by atoms with Gasteiger partial charge < -0.3 is 0 Å². The Hall–Kier alpha value is -1.72. The van der Waals surface area contributed by atoms with E-state index in [0.717, 1.165) is 4.90 Å². The van der Waals surface area contributed by atoms with Crippen LogP contribution in [0.2, 0.25) is 0 Å². The number of hydrogen-bond acceptors (Lipinski definition) is 6. The summed E-state index contributed by atoms with van der Waals surface area (Å²) in [5.41, 5.74) is 6.28. The Bertz CT molecular complexity index is 666. The van der Waals surface area contributed by atoms with Crippen molar-refractivity contribution in [1.29, 1.82) is 0 Å². The van der Waals surface area contributed by atoms with E-state index in [2.05, 4.69) is 21.8 Å². The monoisotopic (exact) mass is 351 g/mol. The second-order valence-corrected chi connectivity index (χ2v) is 5.48. The van der Waals surface area contributed by atoms with Crippen LogP contribution in [0.25, 0.3) is 0 Å². The minimum absolute atomic E-state index is 0.150. The van der Waals surface area contributed by atoms with Gasteiger partial charge in [-0.05, 0) is 0 Å². The van der Waals surface area contributed by atoms with Crippen molar-refractivity contribution in [2.45, 2.75) is 4.90 Å². The number of benzene rings is 1. The molecule has 0 aliphatic heterocycles. The van der Waals surface area contributed by atoms with E-state index in [1.54, 1.807) is 18.2 Å². The summed E-state index contributed by atoms with van der Waals surface area (Å²) in [6.45, 7) is 0. The number of anilines is 1. The summed E-state index contributed by atoms with van der Waals surface area (Å²) >= 11 is 3.54. The Morgan fingerprint density at radius 2 is 2.20 bits per heavy atom. The van der Waals surface area contributed by atoms with Crippen LogP contribution in [0.1, 0.15) is 0 Å². The van der Waals surface area contributed by atoms with E-state index in [1.165, 1.54) is 24.0 Å². The predicted octanol–water partition coefficient (Wildman–Crippen LogP) is 1.88. The Labute approximate surface area is 128 Å². The van der Waals surface area contributed by atoms with Crippen LogP contribution < -0.4 is 15.0 Å². The number of ether oxygens (including phenoxy) is 1. The van der Waals surface area contributed by atoms with Gasteiger partial charge in [0.15, 0.2) is 0 Å². The molecule has 8 heteroatoms. The molecule has 1 aromatic heterocycles. The maximum atomic E-state index is 11.1. The summed E-state index contributed by atoms with van der Waals surface area (Å²) in [6, 6.07) is 6.58. The van der Waals surface area contributed by atoms with E-state index in [-0.39, 0.29) is 15.9 Å². The van der Waals surface area contributed by atoms with Crippen LogP contribution in [0, 0.1) is 10.1 Å². The third kappa shape index (κ3) is 3.05. The zero-order chi connectivity index (χ0) is 14.7. The zero-order valence-corrected chi connectivity index (χ0v) is 13.1. The molecule has 0 aliphatic rings. The molecule has 0 unspecified atom stereocenters. The van der Waals surface area contributed by atoms with Gasteiger partial charge in [-0.25, -0.2) is 0 Å². The Kier molecular flexibility index (Phi) is 4.52. The standard InChI is InChI=1S/C12H10AsN3O3S/c1-20-10-6-7(2-3-8(10)14)19-9-4-5-15-12(13)11(9)16(17)18/h2-6H,14H2,1H3. The summed E-state index contributed by atoms with van der Waals surface area (Å²) in [4.78, 5) is 15.3. The number of nitrogens with two attached hydrogens (primary N) is 1. The topological polar surface area (TPSA) is 91.3 Å². The third-order valence-electron chi connectivity index (χ3n) is 2.48. The number of nitro groups is 1. The fourth-order valence-electron chi connectivity index (χ4n) is 1.56. The van der Waals surface area contributed by atoms with Crippen molar-refractivity contribution >= 4 is 44.5 Å². The molecule has 0 saturated carbocycles. The van der Waals surface area contributed by atoms with E-state index < -0.39 is 4.92 Å². The molecule has 2 rings (SSSR count). The van der Waals surface area contributed by atoms with Gasteiger partial charge in [-0.15, -0.1) is 0 Å². The normalized spacial score (nSPS) is 10.3. The van der Waals surface area contributed by atoms with Gasteiger partial charge in [0.05, 0.1) is 0 Å². The first kappa shape index (κ1) is 14.7. The van der Waals surface area contributed by atoms with Gasteiger partial charge in [-0.1, -0.05) is 0 Å². The number of thioether (sulfide) groups is 1. The molecule has 102 valence electrons. The van der Waals surface area contributed by atoms with E-state index in [9.17, 15) is 10.1 Å². The number of aromatic nitrogens is 1. The van der Waals surface area contributed by atoms with Crippen LogP contribution >= 0.6 is 11.8 Å². The van der Waals surface area contributed by atoms with E-state index in [1.807, 2.05) is 6.26 Å². The van der Waals surface area contributed by atoms with Crippen LogP contribution in [-0.4, -0.2) is 33.0 Å². The van der Waals surface area contributed by atoms with Crippen molar-refractivity contribution in [2.24, 2.45) is 0 Å². The summed E-state index contributed by atoms with van der Waals surface area (Å²) < 4.78 is 5.84. The molecule has 2 aromatic rings. The second kappa shape index (κ2) is 6.15. The maximum absolute atomic E-state index is 11.1. The van der Waals surface area contributed by atoms with Crippen molar-refractivity contribution < 1.29 is 9.66 Å². The second-order valence-electron chi connectivity index (χ2n) is 3.74. The van der Waals surface area contributed by atoms with E-state index >= 15 is 0 Å². The number of pyridine rings is 1. The van der Waals surface area contributed by atoms with Gasteiger partial charge in [0.1, 0.15) is 0 Å². The molecule has 0 fully saturated rings. The van der Waals surface area contributed by atoms with Crippen LogP contribution in [0.15, 0.2) is 35.4 Å². The molecule has 0 aliphatic carbocycles. The summed E-state index contributed by atoms with van der Waals surface area (Å²) in [5.74, 6) is 0.641. The minimum atomic E-state index is -0.511. The van der Waals surface area contributed by atoms with Gasteiger partial charge in [0.25, 0.3) is 0 Å². The molecule has 0 atom stereocenters. The quantitative estimate of drug-likeness (QED) is 0.297. The molecule has 1 aromatic carbocycles. The van der Waals surface area contributed by atoms with Crippen LogP contribution in [0.4, 0.5) is 11.4 Å². The number of hydrogen-bond donors (Lipinski definition) is 1. The molecule has 2 N–H and O–H groups in total. The molecular formula is C12H10AsN3O3S. The molecule has 20 heavy (non-hydrogen) atoms. The third-order valence-corrected chi connectivity index (χ3v) is 3.96. The summed E-state index contributed by atoms with van der Waals surface area (Å²) in [6.07, 6.45) is 3.36. The van der Waals surface area contributed by atoms with E-state index in [0.29, 0.717) is 11.4 Å². The first-order chi connectivity index (χ1) is 9.52. The predicted molar refractivity (Wildman–Crippen MR) is 79.0 cm³/mol. The summed E-state index contributed by atoms with van der Waals surface area (Å²) in [5, 5.41) is 11.1. The first-order valence-corrected chi connectivity index (χ1v) is 7.63. The van der Waals surface area contributed by atoms with Gasteiger partial charge in [0, 0.05) is 0 Å². The SMILES string of the molecule is CSc1cc(Oc2ccnc([As])c2[N+](=O)[O-])ccc1N. The first-order valence-electron chi connectivity index (χ1n) is 5.46. The van der Waals surface area contributed by atoms with Crippen LogP contribution in [0.5, 0.6) is 11.5 Å². The fraction of sp³-hybridized carbons (Fsp3) is 0.0833. The van der Waals surface area contributed by atoms with Crippen molar-refractivity contribution in [3.05, 3.63) is 40.6 Å². The molecular weight excluding hydrogens is 341 g/mol. The molecule has 0 bridgehead atoms. The fourth-order valence-corrected chi connectivity index (χ4v) is 2.64. The average molecular weight is 351 g/mol. The molecule has 2 radical (unpaired) electrons. The Morgan fingerprint density at radius 3 is 2.85 bits per heavy atom. The summed E-state index contributed by atoms with van der Waals surface area (Å²) in [7, 11) is 0. The van der Waals surface area contributed by atoms with Gasteiger partial charge in [-0.3, -0.25) is 0 Å². The van der Waals surface area contributed by atoms with Crippen LogP contribution in [-0.2, 0) is 0 Å². The van der Waals surface area contributed by atoms with Crippen LogP contribution in [0.3, 0.4) is 0 Å². The number of nitrogens with zero attached hydrogens (tertiary/aromatic N) is 2. The molecule has 1 heterocycles. The van der Waals surface area contributed by atoms with Gasteiger partial charge in [0.2, 0.25) is 0 Å². The number of nitrogen functional groups attached to an aromatic ring is 1. The van der Waals surface area contributed by atoms with Gasteiger partial charge in [-0.2, -0.15) is 0 Å². The van der Waals surface area contributed by atoms with Crippen molar-refractivity contribution in [2.75, 3.05) is 12.0 Å². The Balaban J connectivity index is 2.40. The molecule has 0 spiro atoms. The average Bonchev–Trinajstić information content (AvgIpc) is 2.40. The van der Waals surface area contributed by atoms with Crippen molar-refractivity contribution in [3.8, 4) is 11.5 Å². The Morgan fingerprint density at radius 1 is 1.45 bits per heavy atom. The van der Waals surface area contributed by atoms with Crippen molar-refractivity contribution in [1.82, 2.24) is 4.98 Å². The molecule has 0 saturated heterocycles. The number of rotatable bonds is 4. The van der Waals surface area contributed by atoms with E-state index in [4.69, 9.17) is 10.5 Å². The van der Waals surface area contributed by atoms with Gasteiger partial charge >= 0.3 is 128 Å².